The molecule has 0 radical (unpaired) electrons. The van der Waals surface area contributed by atoms with E-state index in [1.165, 1.54) is 13.2 Å². The molecule has 0 saturated carbocycles. The zero-order valence-electron chi connectivity index (χ0n) is 9.84. The van der Waals surface area contributed by atoms with Crippen LogP contribution in [-0.4, -0.2) is 39.8 Å². The number of hydrogen-bond donors (Lipinski definition) is 3. The van der Waals surface area contributed by atoms with Gasteiger partial charge in [-0.3, -0.25) is 4.79 Å². The van der Waals surface area contributed by atoms with Crippen molar-refractivity contribution in [2.45, 2.75) is 18.6 Å². The van der Waals surface area contributed by atoms with Gasteiger partial charge >= 0.3 is 5.97 Å². The predicted molar refractivity (Wildman–Crippen MR) is 69.1 cm³/mol. The molecule has 0 spiro atoms. The Morgan fingerprint density at radius 3 is 2.61 bits per heavy atom. The van der Waals surface area contributed by atoms with Crippen LogP contribution in [0.25, 0.3) is 0 Å². The van der Waals surface area contributed by atoms with Crippen LogP contribution in [0.15, 0.2) is 18.2 Å². The summed E-state index contributed by atoms with van der Waals surface area (Å²) in [6, 6.07) is 4.73. The highest BCUT2D eigenvalue weighted by atomic mass is 79.9. The Kier molecular flexibility index (Phi) is 5.58. The fraction of sp³-hybridized carbons (Fsp3) is 0.417. The van der Waals surface area contributed by atoms with Crippen molar-refractivity contribution in [3.05, 3.63) is 29.3 Å². The van der Waals surface area contributed by atoms with Crippen LogP contribution in [0, 0.1) is 0 Å². The normalized spacial score (nSPS) is 14.0. The standard InChI is InChI=1S/C12H15BrO5/c1-18-8-3-2-7(4-11(15)16)9(5-8)12(17)10(14)6-13/h2-3,5,10,12,14,17H,4,6H2,1H3,(H,15,16). The summed E-state index contributed by atoms with van der Waals surface area (Å²) in [4.78, 5) is 10.8. The number of ether oxygens (including phenoxy) is 1. The van der Waals surface area contributed by atoms with Gasteiger partial charge in [0.05, 0.1) is 19.6 Å². The molecule has 5 nitrogen and oxygen atoms in total. The number of aliphatic carboxylic acids is 1. The van der Waals surface area contributed by atoms with Gasteiger partial charge in [0.1, 0.15) is 11.9 Å². The van der Waals surface area contributed by atoms with Gasteiger partial charge in [0.25, 0.3) is 0 Å². The molecule has 3 N–H and O–H groups in total. The average molecular weight is 319 g/mol. The number of alkyl halides is 1. The van der Waals surface area contributed by atoms with E-state index in [9.17, 15) is 15.0 Å². The van der Waals surface area contributed by atoms with Crippen molar-refractivity contribution in [1.82, 2.24) is 0 Å². The molecule has 18 heavy (non-hydrogen) atoms. The first-order valence-corrected chi connectivity index (χ1v) is 6.42. The molecule has 0 aliphatic carbocycles. The van der Waals surface area contributed by atoms with Crippen molar-refractivity contribution >= 4 is 21.9 Å². The lowest BCUT2D eigenvalue weighted by Gasteiger charge is -2.19. The highest BCUT2D eigenvalue weighted by Crippen LogP contribution is 2.27. The van der Waals surface area contributed by atoms with Crippen LogP contribution in [0.3, 0.4) is 0 Å². The number of carbonyl (C=O) groups is 1. The summed E-state index contributed by atoms with van der Waals surface area (Å²) in [6.07, 6.45) is -2.38. The second-order valence-corrected chi connectivity index (χ2v) is 4.45. The third kappa shape index (κ3) is 3.69. The van der Waals surface area contributed by atoms with Crippen LogP contribution in [0.4, 0.5) is 0 Å². The van der Waals surface area contributed by atoms with Crippen LogP contribution < -0.4 is 4.74 Å². The molecule has 1 rings (SSSR count). The minimum Gasteiger partial charge on any atom is -0.497 e. The number of benzene rings is 1. The van der Waals surface area contributed by atoms with E-state index in [0.717, 1.165) is 0 Å². The summed E-state index contributed by atoms with van der Waals surface area (Å²) in [6.45, 7) is 0. The maximum Gasteiger partial charge on any atom is 0.307 e. The molecule has 0 amide bonds. The van der Waals surface area contributed by atoms with E-state index in [-0.39, 0.29) is 11.8 Å². The van der Waals surface area contributed by atoms with E-state index >= 15 is 0 Å². The van der Waals surface area contributed by atoms with Gasteiger partial charge < -0.3 is 20.1 Å². The predicted octanol–water partition coefficient (Wildman–Crippen LogP) is 1.11. The largest absolute Gasteiger partial charge is 0.497 e. The van der Waals surface area contributed by atoms with Gasteiger partial charge in [-0.15, -0.1) is 0 Å². The molecule has 0 aliphatic heterocycles. The summed E-state index contributed by atoms with van der Waals surface area (Å²) >= 11 is 3.07. The Balaban J connectivity index is 3.14. The summed E-state index contributed by atoms with van der Waals surface area (Å²) in [5.41, 5.74) is 0.819. The Morgan fingerprint density at radius 1 is 1.44 bits per heavy atom. The maximum absolute atomic E-state index is 10.8. The summed E-state index contributed by atoms with van der Waals surface area (Å²) < 4.78 is 5.03. The van der Waals surface area contributed by atoms with E-state index in [1.807, 2.05) is 0 Å². The van der Waals surface area contributed by atoms with Crippen LogP contribution in [0.2, 0.25) is 0 Å². The molecule has 2 atom stereocenters. The van der Waals surface area contributed by atoms with Crippen molar-refractivity contribution in [3.8, 4) is 5.75 Å². The Labute approximate surface area is 113 Å². The first kappa shape index (κ1) is 14.9. The van der Waals surface area contributed by atoms with Gasteiger partial charge in [-0.25, -0.2) is 0 Å². The Hall–Kier alpha value is -1.11. The second-order valence-electron chi connectivity index (χ2n) is 3.80. The molecule has 2 unspecified atom stereocenters. The van der Waals surface area contributed by atoms with E-state index in [0.29, 0.717) is 16.9 Å². The van der Waals surface area contributed by atoms with E-state index in [2.05, 4.69) is 15.9 Å². The highest BCUT2D eigenvalue weighted by molar-refractivity contribution is 9.09. The minimum atomic E-state index is -1.16. The van der Waals surface area contributed by atoms with Gasteiger partial charge in [0.2, 0.25) is 0 Å². The third-order valence-electron chi connectivity index (χ3n) is 2.54. The van der Waals surface area contributed by atoms with Crippen molar-refractivity contribution in [2.24, 2.45) is 0 Å². The molecule has 1 aromatic rings. The zero-order chi connectivity index (χ0) is 13.7. The molecular formula is C12H15BrO5. The van der Waals surface area contributed by atoms with Crippen molar-refractivity contribution in [1.29, 1.82) is 0 Å². The number of carboxylic acid groups (broad SMARTS) is 1. The van der Waals surface area contributed by atoms with Gasteiger partial charge in [-0.2, -0.15) is 0 Å². The van der Waals surface area contributed by atoms with Crippen LogP contribution >= 0.6 is 15.9 Å². The lowest BCUT2D eigenvalue weighted by Crippen LogP contribution is -2.21. The molecule has 100 valence electrons. The molecular weight excluding hydrogens is 304 g/mol. The molecule has 0 aliphatic rings. The zero-order valence-corrected chi connectivity index (χ0v) is 11.4. The first-order valence-electron chi connectivity index (χ1n) is 5.30. The summed E-state index contributed by atoms with van der Waals surface area (Å²) in [5, 5.41) is 28.6. The smallest absolute Gasteiger partial charge is 0.307 e. The molecule has 0 fully saturated rings. The number of methoxy groups -OCH3 is 1. The topological polar surface area (TPSA) is 87.0 Å². The van der Waals surface area contributed by atoms with Crippen molar-refractivity contribution in [2.75, 3.05) is 12.4 Å². The fourth-order valence-corrected chi connectivity index (χ4v) is 1.94. The van der Waals surface area contributed by atoms with Gasteiger partial charge in [-0.05, 0) is 23.3 Å². The lowest BCUT2D eigenvalue weighted by molar-refractivity contribution is -0.136. The SMILES string of the molecule is COc1ccc(CC(=O)O)c(C(O)C(O)CBr)c1. The number of carboxylic acids is 1. The molecule has 0 aromatic heterocycles. The summed E-state index contributed by atoms with van der Waals surface area (Å²) in [5.74, 6) is -0.498. The average Bonchev–Trinajstić information content (AvgIpc) is 2.36. The summed E-state index contributed by atoms with van der Waals surface area (Å²) in [7, 11) is 1.48. The Bertz CT molecular complexity index is 421. The number of halogens is 1. The molecule has 6 heteroatoms. The van der Waals surface area contributed by atoms with Gasteiger partial charge in [0.15, 0.2) is 0 Å². The Morgan fingerprint density at radius 2 is 2.11 bits per heavy atom. The molecule has 0 heterocycles. The van der Waals surface area contributed by atoms with Crippen molar-refractivity contribution < 1.29 is 24.9 Å². The number of aliphatic hydroxyl groups excluding tert-OH is 2. The third-order valence-corrected chi connectivity index (χ3v) is 3.20. The van der Waals surface area contributed by atoms with E-state index in [1.54, 1.807) is 12.1 Å². The fourth-order valence-electron chi connectivity index (χ4n) is 1.59. The van der Waals surface area contributed by atoms with Crippen molar-refractivity contribution in [3.63, 3.8) is 0 Å². The first-order chi connectivity index (χ1) is 8.49. The highest BCUT2D eigenvalue weighted by Gasteiger charge is 2.21. The van der Waals surface area contributed by atoms with Crippen LogP contribution in [0.5, 0.6) is 5.75 Å². The second kappa shape index (κ2) is 6.72. The quantitative estimate of drug-likeness (QED) is 0.684. The number of aliphatic hydroxyl groups is 2. The number of hydrogen-bond acceptors (Lipinski definition) is 4. The minimum absolute atomic E-state index is 0.192. The lowest BCUT2D eigenvalue weighted by atomic mass is 9.97. The monoisotopic (exact) mass is 318 g/mol. The van der Waals surface area contributed by atoms with Crippen LogP contribution in [-0.2, 0) is 11.2 Å². The van der Waals surface area contributed by atoms with E-state index in [4.69, 9.17) is 9.84 Å². The molecule has 1 aromatic carbocycles. The maximum atomic E-state index is 10.8. The molecule has 0 bridgehead atoms. The number of rotatable bonds is 6. The van der Waals surface area contributed by atoms with Gasteiger partial charge in [-0.1, -0.05) is 22.0 Å². The molecule has 0 saturated heterocycles. The van der Waals surface area contributed by atoms with E-state index < -0.39 is 18.2 Å². The van der Waals surface area contributed by atoms with Crippen LogP contribution in [0.1, 0.15) is 17.2 Å². The van der Waals surface area contributed by atoms with Gasteiger partial charge in [0, 0.05) is 5.33 Å².